The Balaban J connectivity index is 0. The van der Waals surface area contributed by atoms with Crippen molar-refractivity contribution in [3.05, 3.63) is 0 Å². The van der Waals surface area contributed by atoms with Gasteiger partial charge in [-0.3, -0.25) is 0 Å². The summed E-state index contributed by atoms with van der Waals surface area (Å²) < 4.78 is 32.8. The van der Waals surface area contributed by atoms with Crippen molar-refractivity contribution in [2.45, 2.75) is 40.2 Å². The zero-order valence-corrected chi connectivity index (χ0v) is 11.3. The summed E-state index contributed by atoms with van der Waals surface area (Å²) in [7, 11) is -4.63. The van der Waals surface area contributed by atoms with Crippen molar-refractivity contribution in [3.8, 4) is 0 Å². The third-order valence-electron chi connectivity index (χ3n) is 1.56. The molecule has 0 unspecified atom stereocenters. The van der Waals surface area contributed by atoms with Crippen LogP contribution >= 0.6 is 8.26 Å². The third kappa shape index (κ3) is 6.26. The van der Waals surface area contributed by atoms with Crippen LogP contribution in [0.2, 0.25) is 0 Å². The van der Waals surface area contributed by atoms with Gasteiger partial charge in [0.1, 0.15) is 0 Å². The summed E-state index contributed by atoms with van der Waals surface area (Å²) in [4.78, 5) is 0. The molecule has 93 valence electrons. The van der Waals surface area contributed by atoms with Crippen LogP contribution in [-0.2, 0) is 21.6 Å². The molecule has 0 saturated carbocycles. The van der Waals surface area contributed by atoms with Crippen molar-refractivity contribution in [1.82, 2.24) is 4.67 Å². The first kappa shape index (κ1) is 17.1. The smallest absolute Gasteiger partial charge is 0 e. The summed E-state index contributed by atoms with van der Waals surface area (Å²) in [5.74, 6) is 0. The molecule has 0 aliphatic heterocycles. The largest absolute Gasteiger partial charge is 0 e. The maximum Gasteiger partial charge on any atom is 0 e. The van der Waals surface area contributed by atoms with Crippen LogP contribution in [0.3, 0.4) is 0 Å². The number of halogens is 2. The number of rotatable bonds is 4. The molecule has 2 nitrogen and oxygen atoms in total. The quantitative estimate of drug-likeness (QED) is 0.577. The number of hydrogen-bond acceptors (Lipinski definition) is 2. The molecule has 0 bridgehead atoms. The van der Waals surface area contributed by atoms with Crippen molar-refractivity contribution >= 4 is 8.26 Å². The van der Waals surface area contributed by atoms with E-state index in [1.54, 1.807) is 34.6 Å². The molecule has 0 N–H and O–H groups in total. The molecule has 0 aromatic heterocycles. The number of nitrogens with zero attached hydrogens (tertiary/aromatic N) is 1. The molecule has 0 aromatic carbocycles. The van der Waals surface area contributed by atoms with Gasteiger partial charge >= 0.3 is 79.2 Å². The first-order valence-corrected chi connectivity index (χ1v) is 6.17. The third-order valence-corrected chi connectivity index (χ3v) is 3.79. The molecule has 0 heterocycles. The molecular formula is C8H20CuF2NOP. The fourth-order valence-corrected chi connectivity index (χ4v) is 2.63. The topological polar surface area (TPSA) is 12.5 Å². The molecule has 0 fully saturated rings. The van der Waals surface area contributed by atoms with Gasteiger partial charge in [-0.25, -0.2) is 0 Å². The maximum absolute atomic E-state index is 13.4. The van der Waals surface area contributed by atoms with Crippen LogP contribution in [0.15, 0.2) is 0 Å². The summed E-state index contributed by atoms with van der Waals surface area (Å²) >= 11 is 0. The summed E-state index contributed by atoms with van der Waals surface area (Å²) in [6.07, 6.45) is 0. The van der Waals surface area contributed by atoms with Gasteiger partial charge in [-0.2, -0.15) is 0 Å². The molecule has 0 spiro atoms. The van der Waals surface area contributed by atoms with E-state index in [0.29, 0.717) is 13.1 Å². The van der Waals surface area contributed by atoms with E-state index in [-0.39, 0.29) is 17.1 Å². The Kier molecular flexibility index (Phi) is 7.76. The van der Waals surface area contributed by atoms with E-state index in [2.05, 4.69) is 0 Å². The Hall–Kier alpha value is 0.729. The zero-order chi connectivity index (χ0) is 10.7. The summed E-state index contributed by atoms with van der Waals surface area (Å²) in [5.41, 5.74) is -0.766. The SMILES string of the molecule is CCN(CC)[PH](F)(F)OC(C)(C)C.[Cu]. The predicted molar refractivity (Wildman–Crippen MR) is 54.3 cm³/mol. The van der Waals surface area contributed by atoms with Crippen LogP contribution in [0.1, 0.15) is 34.6 Å². The molecular weight excluding hydrogens is 259 g/mol. The van der Waals surface area contributed by atoms with Gasteiger partial charge in [-0.1, -0.05) is 0 Å². The predicted octanol–water partition coefficient (Wildman–Crippen LogP) is 3.49. The van der Waals surface area contributed by atoms with Gasteiger partial charge in [0.15, 0.2) is 0 Å². The molecule has 14 heavy (non-hydrogen) atoms. The molecule has 0 amide bonds. The van der Waals surface area contributed by atoms with Gasteiger partial charge < -0.3 is 0 Å². The van der Waals surface area contributed by atoms with E-state index in [1.807, 2.05) is 0 Å². The van der Waals surface area contributed by atoms with Gasteiger partial charge in [0.25, 0.3) is 0 Å². The first-order chi connectivity index (χ1) is 5.73. The molecule has 0 aliphatic rings. The van der Waals surface area contributed by atoms with E-state index in [0.717, 1.165) is 4.67 Å². The Morgan fingerprint density at radius 2 is 1.50 bits per heavy atom. The minimum absolute atomic E-state index is 0. The van der Waals surface area contributed by atoms with Gasteiger partial charge in [-0.15, -0.1) is 0 Å². The fraction of sp³-hybridized carbons (Fsp3) is 1.00. The minimum Gasteiger partial charge on any atom is 0 e. The molecule has 0 atom stereocenters. The Labute approximate surface area is 96.6 Å². The minimum atomic E-state index is -4.63. The average Bonchev–Trinajstić information content (AvgIpc) is 1.83. The second-order valence-corrected chi connectivity index (χ2v) is 5.68. The van der Waals surface area contributed by atoms with E-state index in [4.69, 9.17) is 4.52 Å². The van der Waals surface area contributed by atoms with Crippen LogP contribution in [0.5, 0.6) is 0 Å². The van der Waals surface area contributed by atoms with Gasteiger partial charge in [-0.05, 0) is 0 Å². The standard InChI is InChI=1S/C8H20F2NOP.Cu/c1-6-11(7-2)13(9,10)12-8(3,4)5;/h13H,6-7H2,1-5H3;. The monoisotopic (exact) mass is 278 g/mol. The summed E-state index contributed by atoms with van der Waals surface area (Å²) in [6.45, 7) is 9.07. The van der Waals surface area contributed by atoms with Crippen molar-refractivity contribution in [2.24, 2.45) is 0 Å². The fourth-order valence-electron chi connectivity index (χ4n) is 1.02. The Morgan fingerprint density at radius 3 is 1.71 bits per heavy atom. The van der Waals surface area contributed by atoms with Crippen LogP contribution in [0.25, 0.3) is 0 Å². The van der Waals surface area contributed by atoms with E-state index in [1.165, 1.54) is 0 Å². The second-order valence-electron chi connectivity index (χ2n) is 3.87. The van der Waals surface area contributed by atoms with E-state index in [9.17, 15) is 8.39 Å². The van der Waals surface area contributed by atoms with Crippen molar-refractivity contribution in [3.63, 3.8) is 0 Å². The summed E-state index contributed by atoms with van der Waals surface area (Å²) in [6, 6.07) is 0. The molecule has 0 saturated heterocycles. The van der Waals surface area contributed by atoms with Gasteiger partial charge in [0.05, 0.1) is 0 Å². The summed E-state index contributed by atoms with van der Waals surface area (Å²) in [5, 5.41) is 0. The molecule has 0 rings (SSSR count). The molecule has 0 aliphatic carbocycles. The first-order valence-electron chi connectivity index (χ1n) is 4.56. The normalized spacial score (nSPS) is 14.0. The molecule has 0 aromatic rings. The molecule has 1 radical (unpaired) electrons. The van der Waals surface area contributed by atoms with Crippen molar-refractivity contribution in [1.29, 1.82) is 0 Å². The Morgan fingerprint density at radius 1 is 1.14 bits per heavy atom. The van der Waals surface area contributed by atoms with Crippen LogP contribution < -0.4 is 0 Å². The molecule has 6 heteroatoms. The van der Waals surface area contributed by atoms with Gasteiger partial charge in [0, 0.05) is 17.1 Å². The second kappa shape index (κ2) is 6.34. The van der Waals surface area contributed by atoms with Crippen molar-refractivity contribution in [2.75, 3.05) is 13.1 Å². The van der Waals surface area contributed by atoms with Gasteiger partial charge in [0.2, 0.25) is 0 Å². The van der Waals surface area contributed by atoms with Crippen LogP contribution in [-0.4, -0.2) is 23.4 Å². The average molecular weight is 279 g/mol. The van der Waals surface area contributed by atoms with E-state index >= 15 is 0 Å². The number of hydrogen-bond donors (Lipinski definition) is 0. The Bertz CT molecular complexity index is 160. The van der Waals surface area contributed by atoms with Crippen LogP contribution in [0.4, 0.5) is 8.39 Å². The van der Waals surface area contributed by atoms with Crippen LogP contribution in [0, 0.1) is 0 Å². The maximum atomic E-state index is 13.4. The van der Waals surface area contributed by atoms with Crippen molar-refractivity contribution < 1.29 is 30.0 Å². The zero-order valence-electron chi connectivity index (χ0n) is 9.33. The van der Waals surface area contributed by atoms with E-state index < -0.39 is 13.9 Å².